The monoisotopic (exact) mass is 1640 g/mol. The van der Waals surface area contributed by atoms with Crippen molar-refractivity contribution < 1.29 is 121 Å². The fourth-order valence-corrected chi connectivity index (χ4v) is 12.9. The van der Waals surface area contributed by atoms with Gasteiger partial charge in [-0.25, -0.2) is 0 Å². The average Bonchev–Trinajstić information content (AvgIpc) is 1.35. The number of hydrogen-bond acceptors (Lipinski definition) is 26. The zero-order chi connectivity index (χ0) is 83.4. The number of nitrogens with two attached hydrogens (primary N) is 6. The molecule has 6 aromatic rings. The van der Waals surface area contributed by atoms with Gasteiger partial charge in [-0.3, -0.25) is 28.8 Å². The van der Waals surface area contributed by atoms with Crippen LogP contribution in [0, 0.1) is 0 Å². The molecule has 6 fully saturated rings. The average molecular weight is 1640 g/mol. The van der Waals surface area contributed by atoms with Gasteiger partial charge in [-0.15, -0.1) is 11.8 Å². The normalized spacial score (nSPS) is 17.9. The second-order valence-electron chi connectivity index (χ2n) is 28.1. The van der Waals surface area contributed by atoms with Crippen LogP contribution in [0.2, 0.25) is 0 Å². The highest BCUT2D eigenvalue weighted by atomic mass is 32.2. The summed E-state index contributed by atoms with van der Waals surface area (Å²) < 4.78 is 69.5. The summed E-state index contributed by atoms with van der Waals surface area (Å²) in [5.41, 5.74) is 43.3. The Morgan fingerprint density at radius 1 is 0.328 bits per heavy atom. The zero-order valence-electron chi connectivity index (χ0n) is 65.3. The summed E-state index contributed by atoms with van der Waals surface area (Å²) >= 11 is 1.65. The molecule has 0 aromatic heterocycles. The highest BCUT2D eigenvalue weighted by Gasteiger charge is 2.24. The second-order valence-corrected chi connectivity index (χ2v) is 29.2. The van der Waals surface area contributed by atoms with E-state index in [0.29, 0.717) is 130 Å². The number of hydrogen-bond donors (Lipinski definition) is 12. The largest absolute Gasteiger partial charge is 0.488 e. The van der Waals surface area contributed by atoms with Crippen molar-refractivity contribution in [1.29, 1.82) is 0 Å². The molecular weight excluding hydrogens is 1530 g/mol. The van der Waals surface area contributed by atoms with Crippen LogP contribution in [0.25, 0.3) is 0 Å². The Kier molecular flexibility index (Phi) is 43.4. The fraction of sp³-hybridized carbons (Fsp3) is 0.500. The molecule has 116 heavy (non-hydrogen) atoms. The predicted molar refractivity (Wildman–Crippen MR) is 427 cm³/mol. The van der Waals surface area contributed by atoms with Gasteiger partial charge in [0.05, 0.1) is 78.8 Å². The van der Waals surface area contributed by atoms with Crippen molar-refractivity contribution in [2.24, 2.45) is 34.4 Å². The molecule has 6 saturated heterocycles. The number of ether oxygens (including phenoxy) is 13. The number of thioether (sulfide) groups is 1. The van der Waals surface area contributed by atoms with Crippen LogP contribution in [0.5, 0.6) is 5.75 Å². The summed E-state index contributed by atoms with van der Waals surface area (Å²) in [6.07, 6.45) is 11.3. The van der Waals surface area contributed by atoms with Crippen molar-refractivity contribution >= 4 is 47.6 Å². The molecule has 6 aliphatic rings. The van der Waals surface area contributed by atoms with Gasteiger partial charge >= 0.3 is 35.8 Å². The topological polar surface area (TPSA) is 500 Å². The van der Waals surface area contributed by atoms with E-state index in [1.807, 2.05) is 109 Å². The standard InChI is InChI=1S/C16H23NO4.C15H21NO4.C14H19NO4.C13H17NO5.C13H17NO4S.C13H17NO4/c17-15(16(18)19)9-13-7-5-12(6-8-13)3-1-2-4-14-10-20-11-21-14;16-13(15(17)18)10-12-6-4-11(5-7-12)2-1-3-14-19-8-9-20-14;15-12(14(16)17)9-11-3-1-10(2-4-11)5-6-13-18-7-8-19-13;2*14-11(13(15)16)7-9-1-3-10(4-2-9)19-8-12-17-5-6-18-12;14-11(13(15)16)7-9-1-3-10(4-2-9)8-12-17-5-6-18-12/h5-8,14-15H,1-4,9-11,17H2,(H,18,19);4-7,13-14H,1-3,8-10,16H2,(H,17,18);1-4,12-13H,5-9,15H2,(H,16,17);2*1-4,11-12H,5-8,14H2,(H,15,16);1-4,11-12H,5-8,14H2,(H,15,16). The highest BCUT2D eigenvalue weighted by Crippen LogP contribution is 2.24. The van der Waals surface area contributed by atoms with Gasteiger partial charge < -0.3 is 127 Å². The summed E-state index contributed by atoms with van der Waals surface area (Å²) in [7, 11) is 0. The molecule has 0 amide bonds. The molecule has 7 atom stereocenters. The van der Waals surface area contributed by atoms with E-state index in [0.717, 1.165) is 114 Å². The Labute approximate surface area is 680 Å². The first-order valence-electron chi connectivity index (χ1n) is 38.9. The van der Waals surface area contributed by atoms with Crippen LogP contribution in [-0.2, 0) is 150 Å². The molecule has 6 aliphatic heterocycles. The quantitative estimate of drug-likeness (QED) is 0.0155. The molecule has 0 aliphatic carbocycles. The van der Waals surface area contributed by atoms with Gasteiger partial charge in [-0.2, -0.15) is 0 Å². The van der Waals surface area contributed by atoms with Crippen molar-refractivity contribution in [1.82, 2.24) is 0 Å². The Hall–Kier alpha value is -8.43. The van der Waals surface area contributed by atoms with Crippen molar-refractivity contribution in [3.05, 3.63) is 201 Å². The third kappa shape index (κ3) is 38.3. The third-order valence-corrected chi connectivity index (χ3v) is 19.8. The van der Waals surface area contributed by atoms with Gasteiger partial charge in [-0.05, 0) is 163 Å². The highest BCUT2D eigenvalue weighted by molar-refractivity contribution is 7.99. The lowest BCUT2D eigenvalue weighted by Crippen LogP contribution is -2.32. The van der Waals surface area contributed by atoms with Crippen LogP contribution < -0.4 is 39.1 Å². The van der Waals surface area contributed by atoms with E-state index in [4.69, 9.17) is 127 Å². The Morgan fingerprint density at radius 2 is 0.629 bits per heavy atom. The van der Waals surface area contributed by atoms with E-state index < -0.39 is 72.1 Å². The molecular formula is C84H114N6O25S. The number of carboxylic acids is 6. The van der Waals surface area contributed by atoms with E-state index in [-0.39, 0.29) is 37.6 Å². The molecule has 0 bridgehead atoms. The van der Waals surface area contributed by atoms with Gasteiger partial charge in [0.25, 0.3) is 0 Å². The van der Waals surface area contributed by atoms with Crippen LogP contribution in [0.15, 0.2) is 150 Å². The smallest absolute Gasteiger partial charge is 0.320 e. The van der Waals surface area contributed by atoms with Crippen LogP contribution in [0.4, 0.5) is 0 Å². The lowest BCUT2D eigenvalue weighted by atomic mass is 10.0. The molecule has 6 aromatic carbocycles. The number of unbranched alkanes of at least 4 members (excludes halogenated alkanes) is 1. The first kappa shape index (κ1) is 94.7. The first-order valence-corrected chi connectivity index (χ1v) is 39.9. The summed E-state index contributed by atoms with van der Waals surface area (Å²) in [5.74, 6) is -4.42. The van der Waals surface area contributed by atoms with Crippen molar-refractivity contribution in [3.63, 3.8) is 0 Å². The molecule has 0 saturated carbocycles. The minimum absolute atomic E-state index is 0.0390. The second kappa shape index (κ2) is 53.1. The third-order valence-electron chi connectivity index (χ3n) is 18.7. The van der Waals surface area contributed by atoms with E-state index in [1.165, 1.54) is 16.7 Å². The molecule has 636 valence electrons. The van der Waals surface area contributed by atoms with Crippen LogP contribution in [0.3, 0.4) is 0 Å². The van der Waals surface area contributed by atoms with Gasteiger partial charge in [0.2, 0.25) is 0 Å². The number of aliphatic carboxylic acids is 6. The minimum Gasteiger partial charge on any atom is -0.488 e. The maximum absolute atomic E-state index is 10.7. The van der Waals surface area contributed by atoms with E-state index in [9.17, 15) is 28.8 Å². The zero-order valence-corrected chi connectivity index (χ0v) is 66.1. The van der Waals surface area contributed by atoms with E-state index in [1.54, 1.807) is 36.0 Å². The number of carboxylic acid groups (broad SMARTS) is 6. The van der Waals surface area contributed by atoms with Crippen molar-refractivity contribution in [2.75, 3.05) is 91.8 Å². The summed E-state index contributed by atoms with van der Waals surface area (Å²) in [6, 6.07) is 41.3. The SMILES string of the molecule is NC(Cc1ccc(CC2OCCO2)cc1)C(=O)O.NC(Cc1ccc(CCC2OCCO2)cc1)C(=O)O.NC(Cc1ccc(CCCC2OCCO2)cc1)C(=O)O.NC(Cc1ccc(CCCCC2COCO2)cc1)C(=O)O.NC(Cc1ccc(OCC2OCCO2)cc1)C(=O)O.NC(Cc1ccc(SCC2OCCO2)cc1)C(=O)O. The maximum Gasteiger partial charge on any atom is 0.320 e. The van der Waals surface area contributed by atoms with Crippen molar-refractivity contribution in [2.45, 2.75) is 181 Å². The Bertz CT molecular complexity index is 3590. The van der Waals surface area contributed by atoms with E-state index in [2.05, 4.69) is 12.1 Å². The molecule has 7 unspecified atom stereocenters. The van der Waals surface area contributed by atoms with E-state index >= 15 is 0 Å². The first-order chi connectivity index (χ1) is 55.9. The summed E-state index contributed by atoms with van der Waals surface area (Å²) in [5, 5.41) is 52.5. The van der Waals surface area contributed by atoms with Crippen LogP contribution >= 0.6 is 11.8 Å². The summed E-state index contributed by atoms with van der Waals surface area (Å²) in [4.78, 5) is 65.1. The number of rotatable bonds is 38. The lowest BCUT2D eigenvalue weighted by molar-refractivity contribution is -0.139. The van der Waals surface area contributed by atoms with Gasteiger partial charge in [-0.1, -0.05) is 128 Å². The Balaban J connectivity index is 0.000000193. The molecule has 32 heteroatoms. The van der Waals surface area contributed by atoms with Gasteiger partial charge in [0.15, 0.2) is 31.5 Å². The van der Waals surface area contributed by atoms with Crippen molar-refractivity contribution in [3.8, 4) is 5.75 Å². The predicted octanol–water partition coefficient (Wildman–Crippen LogP) is 6.06. The molecule has 6 heterocycles. The molecule has 12 rings (SSSR count). The van der Waals surface area contributed by atoms with Crippen LogP contribution in [-0.4, -0.2) is 232 Å². The number of carbonyl (C=O) groups is 6. The molecule has 0 spiro atoms. The number of aryl methyl sites for hydroxylation is 3. The fourth-order valence-electron chi connectivity index (χ4n) is 12.0. The van der Waals surface area contributed by atoms with Crippen LogP contribution in [0.1, 0.15) is 94.2 Å². The van der Waals surface area contributed by atoms with Gasteiger partial charge in [0.1, 0.15) is 55.4 Å². The Morgan fingerprint density at radius 3 is 0.991 bits per heavy atom. The molecule has 0 radical (unpaired) electrons. The van der Waals surface area contributed by atoms with Gasteiger partial charge in [0, 0.05) is 23.5 Å². The maximum atomic E-state index is 10.7. The summed E-state index contributed by atoms with van der Waals surface area (Å²) in [6.45, 7) is 8.07. The minimum atomic E-state index is -1.00. The number of benzene rings is 6. The molecule has 18 N–H and O–H groups in total. The molecule has 31 nitrogen and oxygen atoms in total. The lowest BCUT2D eigenvalue weighted by Gasteiger charge is -2.12.